The molecule has 2 aliphatic rings. The molecule has 1 saturated carbocycles. The van der Waals surface area contributed by atoms with Gasteiger partial charge in [-0.1, -0.05) is 6.07 Å². The molecule has 1 saturated heterocycles. The molecule has 0 aromatic carbocycles. The highest BCUT2D eigenvalue weighted by molar-refractivity contribution is 6.08. The van der Waals surface area contributed by atoms with Gasteiger partial charge in [-0.2, -0.15) is 5.10 Å². The third-order valence-electron chi connectivity index (χ3n) is 6.33. The Morgan fingerprint density at radius 3 is 2.76 bits per heavy atom. The number of hydrogen-bond acceptors (Lipinski definition) is 7. The Balaban J connectivity index is 1.36. The first-order valence-corrected chi connectivity index (χ1v) is 11.3. The molecule has 34 heavy (non-hydrogen) atoms. The topological polar surface area (TPSA) is 120 Å². The number of ether oxygens (including phenoxy) is 1. The van der Waals surface area contributed by atoms with Gasteiger partial charge in [0, 0.05) is 55.1 Å². The van der Waals surface area contributed by atoms with Crippen LogP contribution in [0, 0.1) is 5.41 Å². The Kier molecular flexibility index (Phi) is 5.93. The molecule has 174 valence electrons. The average Bonchev–Trinajstić information content (AvgIpc) is 3.34. The van der Waals surface area contributed by atoms with Crippen molar-refractivity contribution in [1.82, 2.24) is 25.1 Å². The van der Waals surface area contributed by atoms with Crippen molar-refractivity contribution >= 4 is 17.7 Å². The standard InChI is InChI=1S/C25H27N7O2/c1-27-14-19(12-26)21-4-3-17(13-28-21)7-18-8-22(31-23(9-18)32-6-2-5-29-32)24(33)30-20-10-25(11-20)15-34-16-25/h2-6,8-9,12-14,20H,7,10-11,15-16,26H2,1H3,(H,30,33). The van der Waals surface area contributed by atoms with Gasteiger partial charge in [0.15, 0.2) is 5.82 Å². The molecule has 1 aliphatic heterocycles. The van der Waals surface area contributed by atoms with Crippen LogP contribution in [0.5, 0.6) is 0 Å². The Morgan fingerprint density at radius 1 is 1.29 bits per heavy atom. The number of aliphatic imine (C=N–C) groups is 1. The van der Waals surface area contributed by atoms with E-state index in [-0.39, 0.29) is 17.4 Å². The van der Waals surface area contributed by atoms with Crippen molar-refractivity contribution < 1.29 is 9.53 Å². The van der Waals surface area contributed by atoms with Crippen molar-refractivity contribution in [2.75, 3.05) is 20.3 Å². The molecule has 5 rings (SSSR count). The molecule has 1 amide bonds. The predicted octanol–water partition coefficient (Wildman–Crippen LogP) is 2.16. The number of nitrogens with one attached hydrogen (secondary N) is 1. The van der Waals surface area contributed by atoms with E-state index < -0.39 is 0 Å². The van der Waals surface area contributed by atoms with Gasteiger partial charge in [0.25, 0.3) is 5.91 Å². The lowest BCUT2D eigenvalue weighted by Gasteiger charge is -2.53. The van der Waals surface area contributed by atoms with Crippen LogP contribution >= 0.6 is 0 Å². The number of aromatic nitrogens is 4. The van der Waals surface area contributed by atoms with E-state index in [1.807, 2.05) is 42.7 Å². The van der Waals surface area contributed by atoms with Crippen LogP contribution in [0.25, 0.3) is 11.4 Å². The Hall–Kier alpha value is -3.85. The number of rotatable bonds is 7. The van der Waals surface area contributed by atoms with Gasteiger partial charge in [-0.15, -0.1) is 0 Å². The van der Waals surface area contributed by atoms with Gasteiger partial charge >= 0.3 is 0 Å². The third kappa shape index (κ3) is 4.47. The first-order valence-electron chi connectivity index (χ1n) is 11.3. The summed E-state index contributed by atoms with van der Waals surface area (Å²) in [6.45, 7) is 1.61. The highest BCUT2D eigenvalue weighted by Crippen LogP contribution is 2.46. The normalized spacial score (nSPS) is 17.5. The number of pyridine rings is 2. The summed E-state index contributed by atoms with van der Waals surface area (Å²) in [6.07, 6.45) is 11.0. The molecule has 0 radical (unpaired) electrons. The highest BCUT2D eigenvalue weighted by atomic mass is 16.5. The maximum absolute atomic E-state index is 13.0. The van der Waals surface area contributed by atoms with Crippen LogP contribution in [0.4, 0.5) is 0 Å². The van der Waals surface area contributed by atoms with Crippen molar-refractivity contribution in [1.29, 1.82) is 0 Å². The zero-order valence-electron chi connectivity index (χ0n) is 19.0. The SMILES string of the molecule is CN=CC(=CN)c1ccc(Cc2cc(C(=O)NC3CC4(COC4)C3)nc(-n3cccn3)c2)cn1. The van der Waals surface area contributed by atoms with E-state index in [1.54, 1.807) is 24.1 Å². The summed E-state index contributed by atoms with van der Waals surface area (Å²) in [5.74, 6) is 0.433. The van der Waals surface area contributed by atoms with Crippen molar-refractivity contribution in [3.8, 4) is 5.82 Å². The number of allylic oxidation sites excluding steroid dienone is 1. The smallest absolute Gasteiger partial charge is 0.270 e. The van der Waals surface area contributed by atoms with Gasteiger partial charge in [-0.3, -0.25) is 14.8 Å². The summed E-state index contributed by atoms with van der Waals surface area (Å²) >= 11 is 0. The molecular formula is C25H27N7O2. The lowest BCUT2D eigenvalue weighted by Crippen LogP contribution is -2.59. The molecule has 0 atom stereocenters. The number of carbonyl (C=O) groups excluding carboxylic acids is 1. The van der Waals surface area contributed by atoms with E-state index in [0.717, 1.165) is 48.4 Å². The van der Waals surface area contributed by atoms with Gasteiger partial charge in [-0.25, -0.2) is 9.67 Å². The number of carbonyl (C=O) groups is 1. The van der Waals surface area contributed by atoms with Crippen molar-refractivity contribution in [3.63, 3.8) is 0 Å². The van der Waals surface area contributed by atoms with Gasteiger partial charge in [0.05, 0.1) is 18.9 Å². The Bertz CT molecular complexity index is 1220. The van der Waals surface area contributed by atoms with Crippen LogP contribution in [0.1, 0.15) is 40.2 Å². The molecule has 3 N–H and O–H groups in total. The number of nitrogens with two attached hydrogens (primary N) is 1. The quantitative estimate of drug-likeness (QED) is 0.525. The second-order valence-corrected chi connectivity index (χ2v) is 8.98. The van der Waals surface area contributed by atoms with Gasteiger partial charge in [-0.05, 0) is 54.7 Å². The molecule has 3 aromatic heterocycles. The van der Waals surface area contributed by atoms with E-state index in [2.05, 4.69) is 25.4 Å². The van der Waals surface area contributed by atoms with Crippen molar-refractivity contribution in [3.05, 3.63) is 77.6 Å². The van der Waals surface area contributed by atoms with Gasteiger partial charge in [0.1, 0.15) is 5.69 Å². The zero-order chi connectivity index (χ0) is 23.5. The molecule has 9 nitrogen and oxygen atoms in total. The van der Waals surface area contributed by atoms with E-state index >= 15 is 0 Å². The minimum absolute atomic E-state index is 0.166. The fourth-order valence-electron chi connectivity index (χ4n) is 4.55. The summed E-state index contributed by atoms with van der Waals surface area (Å²) < 4.78 is 6.99. The lowest BCUT2D eigenvalue weighted by atomic mass is 9.64. The molecule has 2 fully saturated rings. The molecular weight excluding hydrogens is 430 g/mol. The van der Waals surface area contributed by atoms with Crippen LogP contribution in [0.2, 0.25) is 0 Å². The van der Waals surface area contributed by atoms with Crippen LogP contribution in [0.15, 0.2) is 60.1 Å². The Morgan fingerprint density at radius 2 is 2.15 bits per heavy atom. The predicted molar refractivity (Wildman–Crippen MR) is 129 cm³/mol. The minimum atomic E-state index is -0.166. The first-order chi connectivity index (χ1) is 16.6. The molecule has 1 spiro atoms. The summed E-state index contributed by atoms with van der Waals surface area (Å²) in [4.78, 5) is 26.1. The van der Waals surface area contributed by atoms with Gasteiger partial charge < -0.3 is 15.8 Å². The largest absolute Gasteiger partial charge is 0.404 e. The summed E-state index contributed by atoms with van der Waals surface area (Å²) in [5.41, 5.74) is 9.80. The fourth-order valence-corrected chi connectivity index (χ4v) is 4.55. The monoisotopic (exact) mass is 457 g/mol. The summed E-state index contributed by atoms with van der Waals surface area (Å²) in [6, 6.07) is 9.69. The van der Waals surface area contributed by atoms with E-state index in [0.29, 0.717) is 17.9 Å². The number of hydrogen-bond donors (Lipinski definition) is 2. The molecule has 0 bridgehead atoms. The van der Waals surface area contributed by atoms with Crippen LogP contribution < -0.4 is 11.1 Å². The van der Waals surface area contributed by atoms with Crippen LogP contribution in [-0.4, -0.2) is 58.2 Å². The zero-order valence-corrected chi connectivity index (χ0v) is 19.0. The maximum Gasteiger partial charge on any atom is 0.270 e. The fraction of sp³-hybridized carbons (Fsp3) is 0.320. The summed E-state index contributed by atoms with van der Waals surface area (Å²) in [7, 11) is 1.69. The second kappa shape index (κ2) is 9.18. The molecule has 4 heterocycles. The van der Waals surface area contributed by atoms with E-state index in [1.165, 1.54) is 6.20 Å². The number of nitrogens with zero attached hydrogens (tertiary/aromatic N) is 5. The second-order valence-electron chi connectivity index (χ2n) is 8.98. The maximum atomic E-state index is 13.0. The third-order valence-corrected chi connectivity index (χ3v) is 6.33. The van der Waals surface area contributed by atoms with Crippen molar-refractivity contribution in [2.45, 2.75) is 25.3 Å². The molecule has 3 aromatic rings. The van der Waals surface area contributed by atoms with E-state index in [4.69, 9.17) is 10.5 Å². The first kappa shape index (κ1) is 22.0. The summed E-state index contributed by atoms with van der Waals surface area (Å²) in [5, 5.41) is 7.41. The lowest BCUT2D eigenvalue weighted by molar-refractivity contribution is -0.165. The average molecular weight is 458 g/mol. The van der Waals surface area contributed by atoms with E-state index in [9.17, 15) is 4.79 Å². The Labute approximate surface area is 197 Å². The van der Waals surface area contributed by atoms with Crippen molar-refractivity contribution in [2.24, 2.45) is 16.1 Å². The number of amides is 1. The minimum Gasteiger partial charge on any atom is -0.404 e. The van der Waals surface area contributed by atoms with Crippen LogP contribution in [0.3, 0.4) is 0 Å². The van der Waals surface area contributed by atoms with Gasteiger partial charge in [0.2, 0.25) is 0 Å². The molecule has 1 aliphatic carbocycles. The molecule has 9 heteroatoms. The molecule has 0 unspecified atom stereocenters. The van der Waals surface area contributed by atoms with Crippen LogP contribution in [-0.2, 0) is 11.2 Å². The highest BCUT2D eigenvalue weighted by Gasteiger charge is 2.50.